The van der Waals surface area contributed by atoms with E-state index in [0.717, 1.165) is 19.4 Å². The van der Waals surface area contributed by atoms with Gasteiger partial charge in [0.1, 0.15) is 0 Å². The molecular weight excluding hydrogens is 374 g/mol. The van der Waals surface area contributed by atoms with E-state index in [4.69, 9.17) is 18.9 Å². The number of methoxy groups -OCH3 is 3. The van der Waals surface area contributed by atoms with E-state index in [1.807, 2.05) is 4.90 Å². The summed E-state index contributed by atoms with van der Waals surface area (Å²) in [6.07, 6.45) is 6.96. The predicted octanol–water partition coefficient (Wildman–Crippen LogP) is 2.98. The van der Waals surface area contributed by atoms with E-state index in [-0.39, 0.29) is 18.9 Å². The first-order chi connectivity index (χ1) is 14.1. The van der Waals surface area contributed by atoms with Crippen LogP contribution in [0, 0.1) is 5.92 Å². The predicted molar refractivity (Wildman–Crippen MR) is 107 cm³/mol. The number of hydrogen-bond acceptors (Lipinski definition) is 6. The summed E-state index contributed by atoms with van der Waals surface area (Å²) in [5.74, 6) is 1.49. The van der Waals surface area contributed by atoms with Crippen molar-refractivity contribution >= 4 is 11.9 Å². The zero-order valence-corrected chi connectivity index (χ0v) is 17.6. The Morgan fingerprint density at radius 1 is 0.966 bits per heavy atom. The number of hydrogen-bond donors (Lipinski definition) is 0. The zero-order chi connectivity index (χ0) is 20.8. The Balaban J connectivity index is 1.57. The number of carbonyl (C=O) groups is 2. The van der Waals surface area contributed by atoms with Crippen molar-refractivity contribution in [2.75, 3.05) is 34.5 Å². The molecule has 0 aromatic heterocycles. The Hall–Kier alpha value is -2.44. The number of nitrogens with zero attached hydrogens (tertiary/aromatic N) is 1. The summed E-state index contributed by atoms with van der Waals surface area (Å²) < 4.78 is 21.2. The first-order valence-electron chi connectivity index (χ1n) is 10.3. The number of ether oxygens (including phenoxy) is 4. The van der Waals surface area contributed by atoms with Gasteiger partial charge in [0.25, 0.3) is 5.91 Å². The van der Waals surface area contributed by atoms with Crippen LogP contribution in [-0.2, 0) is 20.7 Å². The molecule has 29 heavy (non-hydrogen) atoms. The molecule has 3 rings (SSSR count). The second kappa shape index (κ2) is 9.85. The van der Waals surface area contributed by atoms with Gasteiger partial charge in [0, 0.05) is 12.6 Å². The van der Waals surface area contributed by atoms with Crippen LogP contribution >= 0.6 is 0 Å². The summed E-state index contributed by atoms with van der Waals surface area (Å²) in [6.45, 7) is 0.566. The second-order valence-corrected chi connectivity index (χ2v) is 7.71. The van der Waals surface area contributed by atoms with Crippen LogP contribution in [0.3, 0.4) is 0 Å². The normalized spacial score (nSPS) is 21.1. The zero-order valence-electron chi connectivity index (χ0n) is 17.6. The molecule has 0 spiro atoms. The van der Waals surface area contributed by atoms with Gasteiger partial charge in [0.05, 0.1) is 27.8 Å². The first-order valence-corrected chi connectivity index (χ1v) is 10.3. The van der Waals surface area contributed by atoms with Gasteiger partial charge in [0.15, 0.2) is 18.1 Å². The standard InChI is InChI=1S/C22H31NO6/c1-26-18-11-15(12-19(27-2)22(18)28-3)13-21(25)29-14-20(24)23-10-6-8-16-7-4-5-9-17(16)23/h11-12,16-17H,4-10,13-14H2,1-3H3/t16-,17-/m0/s1. The minimum absolute atomic E-state index is 0.0239. The third-order valence-corrected chi connectivity index (χ3v) is 5.99. The van der Waals surface area contributed by atoms with Crippen LogP contribution in [0.2, 0.25) is 0 Å². The lowest BCUT2D eigenvalue weighted by Crippen LogP contribution is -2.50. The molecular formula is C22H31NO6. The SMILES string of the molecule is COc1cc(CC(=O)OCC(=O)N2CCC[C@@H]3CCCC[C@@H]32)cc(OC)c1OC. The lowest BCUT2D eigenvalue weighted by atomic mass is 9.78. The van der Waals surface area contributed by atoms with Crippen molar-refractivity contribution in [1.29, 1.82) is 0 Å². The van der Waals surface area contributed by atoms with E-state index in [1.54, 1.807) is 12.1 Å². The maximum Gasteiger partial charge on any atom is 0.310 e. The average Bonchev–Trinajstić information content (AvgIpc) is 2.76. The second-order valence-electron chi connectivity index (χ2n) is 7.71. The molecule has 1 heterocycles. The van der Waals surface area contributed by atoms with Crippen molar-refractivity contribution in [2.24, 2.45) is 5.92 Å². The minimum Gasteiger partial charge on any atom is -0.493 e. The van der Waals surface area contributed by atoms with E-state index >= 15 is 0 Å². The lowest BCUT2D eigenvalue weighted by Gasteiger charge is -2.44. The number of fused-ring (bicyclic) bond motifs is 1. The smallest absolute Gasteiger partial charge is 0.310 e. The number of carbonyl (C=O) groups excluding carboxylic acids is 2. The molecule has 0 bridgehead atoms. The lowest BCUT2D eigenvalue weighted by molar-refractivity contribution is -0.154. The maximum absolute atomic E-state index is 12.7. The molecule has 160 valence electrons. The Morgan fingerprint density at radius 2 is 1.62 bits per heavy atom. The number of amides is 1. The van der Waals surface area contributed by atoms with E-state index in [9.17, 15) is 9.59 Å². The van der Waals surface area contributed by atoms with Crippen molar-refractivity contribution in [3.63, 3.8) is 0 Å². The highest BCUT2D eigenvalue weighted by Gasteiger charge is 2.35. The summed E-state index contributed by atoms with van der Waals surface area (Å²) in [5.41, 5.74) is 0.669. The van der Waals surface area contributed by atoms with Gasteiger partial charge in [-0.15, -0.1) is 0 Å². The largest absolute Gasteiger partial charge is 0.493 e. The molecule has 7 heteroatoms. The maximum atomic E-state index is 12.7. The molecule has 1 aliphatic carbocycles. The highest BCUT2D eigenvalue weighted by atomic mass is 16.5. The van der Waals surface area contributed by atoms with E-state index in [2.05, 4.69) is 0 Å². The Morgan fingerprint density at radius 3 is 2.28 bits per heavy atom. The Kier molecular flexibility index (Phi) is 7.23. The number of benzene rings is 1. The van der Waals surface area contributed by atoms with Gasteiger partial charge in [-0.1, -0.05) is 12.8 Å². The van der Waals surface area contributed by atoms with Gasteiger partial charge >= 0.3 is 5.97 Å². The number of likely N-dealkylation sites (tertiary alicyclic amines) is 1. The van der Waals surface area contributed by atoms with Crippen molar-refractivity contribution in [3.05, 3.63) is 17.7 Å². The summed E-state index contributed by atoms with van der Waals surface area (Å²) in [7, 11) is 4.57. The molecule has 2 atom stereocenters. The molecule has 1 saturated heterocycles. The van der Waals surface area contributed by atoms with Crippen molar-refractivity contribution in [2.45, 2.75) is 51.0 Å². The summed E-state index contributed by atoms with van der Waals surface area (Å²) >= 11 is 0. The van der Waals surface area contributed by atoms with Gasteiger partial charge in [0.2, 0.25) is 5.75 Å². The molecule has 1 aliphatic heterocycles. The third kappa shape index (κ3) is 4.95. The first kappa shape index (κ1) is 21.3. The van der Waals surface area contributed by atoms with Crippen LogP contribution in [0.4, 0.5) is 0 Å². The highest BCUT2D eigenvalue weighted by molar-refractivity contribution is 5.82. The molecule has 0 unspecified atom stereocenters. The van der Waals surface area contributed by atoms with Gasteiger partial charge in [-0.2, -0.15) is 0 Å². The molecule has 2 fully saturated rings. The molecule has 1 amide bonds. The molecule has 2 aliphatic rings. The molecule has 0 radical (unpaired) electrons. The van der Waals surface area contributed by atoms with Crippen molar-refractivity contribution in [3.8, 4) is 17.2 Å². The van der Waals surface area contributed by atoms with Crippen LogP contribution in [0.5, 0.6) is 17.2 Å². The Bertz CT molecular complexity index is 707. The fourth-order valence-corrected chi connectivity index (χ4v) is 4.61. The quantitative estimate of drug-likeness (QED) is 0.650. The number of piperidine rings is 1. The van der Waals surface area contributed by atoms with Gasteiger partial charge in [-0.05, 0) is 49.3 Å². The van der Waals surface area contributed by atoms with Crippen LogP contribution in [0.15, 0.2) is 12.1 Å². The molecule has 7 nitrogen and oxygen atoms in total. The van der Waals surface area contributed by atoms with E-state index < -0.39 is 5.97 Å². The van der Waals surface area contributed by atoms with Crippen LogP contribution < -0.4 is 14.2 Å². The van der Waals surface area contributed by atoms with Crippen LogP contribution in [0.25, 0.3) is 0 Å². The highest BCUT2D eigenvalue weighted by Crippen LogP contribution is 2.38. The number of esters is 1. The van der Waals surface area contributed by atoms with E-state index in [1.165, 1.54) is 47.0 Å². The summed E-state index contributed by atoms with van der Waals surface area (Å²) in [6, 6.07) is 3.74. The van der Waals surface area contributed by atoms with Crippen LogP contribution in [-0.4, -0.2) is 57.3 Å². The van der Waals surface area contributed by atoms with Gasteiger partial charge in [-0.25, -0.2) is 0 Å². The minimum atomic E-state index is -0.454. The molecule has 0 N–H and O–H groups in total. The molecule has 1 saturated carbocycles. The monoisotopic (exact) mass is 405 g/mol. The molecule has 1 aromatic rings. The molecule has 1 aromatic carbocycles. The summed E-state index contributed by atoms with van der Waals surface area (Å²) in [5, 5.41) is 0. The van der Waals surface area contributed by atoms with Gasteiger partial charge in [-0.3, -0.25) is 9.59 Å². The fraction of sp³-hybridized carbons (Fsp3) is 0.636. The van der Waals surface area contributed by atoms with Gasteiger partial charge < -0.3 is 23.8 Å². The topological polar surface area (TPSA) is 74.3 Å². The fourth-order valence-electron chi connectivity index (χ4n) is 4.61. The Labute approximate surface area is 172 Å². The summed E-state index contributed by atoms with van der Waals surface area (Å²) in [4.78, 5) is 27.0. The number of rotatable bonds is 7. The van der Waals surface area contributed by atoms with Crippen LogP contribution in [0.1, 0.15) is 44.1 Å². The average molecular weight is 405 g/mol. The van der Waals surface area contributed by atoms with E-state index in [0.29, 0.717) is 34.8 Å². The third-order valence-electron chi connectivity index (χ3n) is 5.99. The van der Waals surface area contributed by atoms with Crippen molar-refractivity contribution < 1.29 is 28.5 Å². The van der Waals surface area contributed by atoms with Crippen molar-refractivity contribution in [1.82, 2.24) is 4.90 Å².